The van der Waals surface area contributed by atoms with Gasteiger partial charge >= 0.3 is 0 Å². The molecule has 0 spiro atoms. The fourth-order valence-electron chi connectivity index (χ4n) is 2.59. The molecule has 18 heavy (non-hydrogen) atoms. The van der Waals surface area contributed by atoms with E-state index in [1.165, 1.54) is 32.4 Å². The zero-order valence-corrected chi connectivity index (χ0v) is 13.4. The van der Waals surface area contributed by atoms with E-state index < -0.39 is 0 Å². The molecule has 5 heteroatoms. The average Bonchev–Trinajstić information content (AvgIpc) is 3.08. The first kappa shape index (κ1) is 12.9. The normalized spacial score (nSPS) is 24.4. The van der Waals surface area contributed by atoms with Gasteiger partial charge in [-0.2, -0.15) is 0 Å². The molecule has 98 valence electrons. The summed E-state index contributed by atoms with van der Waals surface area (Å²) in [4.78, 5) is 7.04. The summed E-state index contributed by atoms with van der Waals surface area (Å²) in [5.41, 5.74) is 0. The zero-order chi connectivity index (χ0) is 12.5. The maximum Gasteiger partial charge on any atom is 0.140 e. The lowest BCUT2D eigenvalue weighted by atomic mass is 10.1. The summed E-state index contributed by atoms with van der Waals surface area (Å²) in [7, 11) is 0. The smallest absolute Gasteiger partial charge is 0.140 e. The third kappa shape index (κ3) is 3.06. The van der Waals surface area contributed by atoms with Crippen molar-refractivity contribution in [2.24, 2.45) is 5.92 Å². The standard InChI is InChI=1S/C13H17Br2N3/c14-10-5-12(15)13(17-7-10)16-6-9-3-4-18(8-9)11-1-2-11/h5,7,9,11H,1-4,6,8H2,(H,16,17). The second kappa shape index (κ2) is 5.47. The van der Waals surface area contributed by atoms with Crippen molar-refractivity contribution in [3.63, 3.8) is 0 Å². The molecule has 1 N–H and O–H groups in total. The number of rotatable bonds is 4. The number of halogens is 2. The summed E-state index contributed by atoms with van der Waals surface area (Å²) in [6.45, 7) is 3.56. The molecular formula is C13H17Br2N3. The summed E-state index contributed by atoms with van der Waals surface area (Å²) < 4.78 is 2.02. The number of aromatic nitrogens is 1. The molecule has 1 saturated carbocycles. The van der Waals surface area contributed by atoms with Gasteiger partial charge in [0.05, 0.1) is 4.47 Å². The minimum Gasteiger partial charge on any atom is -0.369 e. The summed E-state index contributed by atoms with van der Waals surface area (Å²) in [6.07, 6.45) is 5.98. The summed E-state index contributed by atoms with van der Waals surface area (Å²) in [6, 6.07) is 2.94. The Balaban J connectivity index is 1.51. The van der Waals surface area contributed by atoms with E-state index in [2.05, 4.69) is 47.1 Å². The van der Waals surface area contributed by atoms with Gasteiger partial charge in [-0.3, -0.25) is 0 Å². The molecule has 0 radical (unpaired) electrons. The molecule has 1 aliphatic carbocycles. The molecule has 3 nitrogen and oxygen atoms in total. The van der Waals surface area contributed by atoms with E-state index in [0.717, 1.165) is 33.3 Å². The molecule has 1 aromatic rings. The molecule has 0 bridgehead atoms. The van der Waals surface area contributed by atoms with Crippen molar-refractivity contribution in [2.75, 3.05) is 25.0 Å². The SMILES string of the molecule is Brc1cnc(NCC2CCN(C3CC3)C2)c(Br)c1. The van der Waals surface area contributed by atoms with E-state index in [1.807, 2.05) is 12.3 Å². The average molecular weight is 375 g/mol. The Morgan fingerprint density at radius 3 is 2.89 bits per heavy atom. The van der Waals surface area contributed by atoms with E-state index in [9.17, 15) is 0 Å². The van der Waals surface area contributed by atoms with E-state index in [0.29, 0.717) is 0 Å². The first-order valence-electron chi connectivity index (χ1n) is 6.51. The van der Waals surface area contributed by atoms with E-state index in [-0.39, 0.29) is 0 Å². The number of nitrogens with one attached hydrogen (secondary N) is 1. The quantitative estimate of drug-likeness (QED) is 0.874. The van der Waals surface area contributed by atoms with Gasteiger partial charge in [0.2, 0.25) is 0 Å². The molecule has 1 saturated heterocycles. The largest absolute Gasteiger partial charge is 0.369 e. The van der Waals surface area contributed by atoms with Crippen LogP contribution in [0.25, 0.3) is 0 Å². The van der Waals surface area contributed by atoms with Crippen LogP contribution in [-0.4, -0.2) is 35.6 Å². The highest BCUT2D eigenvalue weighted by Gasteiger charge is 2.34. The van der Waals surface area contributed by atoms with Gasteiger partial charge in [-0.1, -0.05) is 0 Å². The summed E-state index contributed by atoms with van der Waals surface area (Å²) in [5.74, 6) is 1.71. The molecule has 1 unspecified atom stereocenters. The van der Waals surface area contributed by atoms with Crippen molar-refractivity contribution >= 4 is 37.7 Å². The van der Waals surface area contributed by atoms with E-state index in [4.69, 9.17) is 0 Å². The van der Waals surface area contributed by atoms with Crippen LogP contribution in [0.5, 0.6) is 0 Å². The van der Waals surface area contributed by atoms with Crippen LogP contribution in [0.15, 0.2) is 21.2 Å². The van der Waals surface area contributed by atoms with Crippen LogP contribution in [0.3, 0.4) is 0 Å². The van der Waals surface area contributed by atoms with E-state index >= 15 is 0 Å². The molecule has 0 amide bonds. The molecule has 1 aromatic heterocycles. The highest BCUT2D eigenvalue weighted by molar-refractivity contribution is 9.11. The van der Waals surface area contributed by atoms with Gasteiger partial charge < -0.3 is 10.2 Å². The number of anilines is 1. The predicted octanol–water partition coefficient (Wildman–Crippen LogP) is 3.50. The third-order valence-corrected chi connectivity index (χ3v) is 4.78. The Morgan fingerprint density at radius 2 is 2.17 bits per heavy atom. The molecule has 2 heterocycles. The first-order valence-corrected chi connectivity index (χ1v) is 8.10. The second-order valence-corrected chi connectivity index (χ2v) is 7.02. The van der Waals surface area contributed by atoms with Gasteiger partial charge in [-0.25, -0.2) is 4.98 Å². The maximum absolute atomic E-state index is 4.39. The van der Waals surface area contributed by atoms with Gasteiger partial charge in [0.1, 0.15) is 5.82 Å². The highest BCUT2D eigenvalue weighted by Crippen LogP contribution is 2.32. The molecule has 1 atom stereocenters. The lowest BCUT2D eigenvalue weighted by Crippen LogP contribution is -2.25. The lowest BCUT2D eigenvalue weighted by Gasteiger charge is -2.15. The fourth-order valence-corrected chi connectivity index (χ4v) is 3.71. The van der Waals surface area contributed by atoms with Gasteiger partial charge in [0.25, 0.3) is 0 Å². The van der Waals surface area contributed by atoms with Crippen LogP contribution < -0.4 is 5.32 Å². The number of hydrogen-bond donors (Lipinski definition) is 1. The second-order valence-electron chi connectivity index (χ2n) is 5.25. The van der Waals surface area contributed by atoms with Crippen LogP contribution in [0.1, 0.15) is 19.3 Å². The van der Waals surface area contributed by atoms with Gasteiger partial charge in [-0.05, 0) is 69.7 Å². The van der Waals surface area contributed by atoms with Crippen LogP contribution >= 0.6 is 31.9 Å². The minimum absolute atomic E-state index is 0.767. The fraction of sp³-hybridized carbons (Fsp3) is 0.615. The monoisotopic (exact) mass is 373 g/mol. The van der Waals surface area contributed by atoms with Crippen molar-refractivity contribution in [2.45, 2.75) is 25.3 Å². The summed E-state index contributed by atoms with van der Waals surface area (Å²) in [5, 5.41) is 3.46. The molecule has 1 aliphatic heterocycles. The number of hydrogen-bond acceptors (Lipinski definition) is 3. The van der Waals surface area contributed by atoms with Gasteiger partial charge in [0.15, 0.2) is 0 Å². The molecule has 0 aromatic carbocycles. The van der Waals surface area contributed by atoms with Crippen molar-refractivity contribution in [3.8, 4) is 0 Å². The zero-order valence-electron chi connectivity index (χ0n) is 10.2. The first-order chi connectivity index (χ1) is 8.72. The van der Waals surface area contributed by atoms with Crippen LogP contribution in [-0.2, 0) is 0 Å². The van der Waals surface area contributed by atoms with Crippen molar-refractivity contribution < 1.29 is 0 Å². The van der Waals surface area contributed by atoms with Crippen molar-refractivity contribution in [3.05, 3.63) is 21.2 Å². The van der Waals surface area contributed by atoms with Crippen molar-refractivity contribution in [1.82, 2.24) is 9.88 Å². The van der Waals surface area contributed by atoms with Crippen LogP contribution in [0.4, 0.5) is 5.82 Å². The van der Waals surface area contributed by atoms with Crippen LogP contribution in [0, 0.1) is 5.92 Å². The number of pyridine rings is 1. The maximum atomic E-state index is 4.39. The lowest BCUT2D eigenvalue weighted by molar-refractivity contribution is 0.316. The Hall–Kier alpha value is -0.130. The Kier molecular flexibility index (Phi) is 3.91. The topological polar surface area (TPSA) is 28.2 Å². The molecule has 2 fully saturated rings. The molecule has 3 rings (SSSR count). The number of nitrogens with zero attached hydrogens (tertiary/aromatic N) is 2. The summed E-state index contributed by atoms with van der Waals surface area (Å²) >= 11 is 6.95. The van der Waals surface area contributed by atoms with Gasteiger partial charge in [0, 0.05) is 29.8 Å². The third-order valence-electron chi connectivity index (χ3n) is 3.75. The molecular weight excluding hydrogens is 358 g/mol. The Bertz CT molecular complexity index is 434. The highest BCUT2D eigenvalue weighted by atomic mass is 79.9. The minimum atomic E-state index is 0.767. The Labute approximate surface area is 125 Å². The number of likely N-dealkylation sites (tertiary alicyclic amines) is 1. The predicted molar refractivity (Wildman–Crippen MR) is 80.8 cm³/mol. The van der Waals surface area contributed by atoms with Gasteiger partial charge in [-0.15, -0.1) is 0 Å². The van der Waals surface area contributed by atoms with E-state index in [1.54, 1.807) is 0 Å². The van der Waals surface area contributed by atoms with Crippen LogP contribution in [0.2, 0.25) is 0 Å². The van der Waals surface area contributed by atoms with Crippen molar-refractivity contribution in [1.29, 1.82) is 0 Å². The molecule has 2 aliphatic rings. The Morgan fingerprint density at radius 1 is 1.33 bits per heavy atom.